The smallest absolute Gasteiger partial charge is 0.193 e. The Kier molecular flexibility index (Phi) is 4.73. The molecule has 0 aromatic rings. The molecule has 0 unspecified atom stereocenters. The van der Waals surface area contributed by atoms with Crippen molar-refractivity contribution in [1.82, 2.24) is 9.80 Å². The van der Waals surface area contributed by atoms with Crippen molar-refractivity contribution in [2.24, 2.45) is 5.73 Å². The van der Waals surface area contributed by atoms with Gasteiger partial charge in [0.05, 0.1) is 0 Å². The summed E-state index contributed by atoms with van der Waals surface area (Å²) in [5.41, 5.74) is 5.42. The van der Waals surface area contributed by atoms with Gasteiger partial charge in [-0.05, 0) is 19.4 Å². The average molecular weight is 198 g/mol. The summed E-state index contributed by atoms with van der Waals surface area (Å²) in [6.45, 7) is 3.86. The molecule has 82 valence electrons. The molecule has 14 heavy (non-hydrogen) atoms. The van der Waals surface area contributed by atoms with Crippen LogP contribution in [-0.4, -0.2) is 49.0 Å². The Morgan fingerprint density at radius 1 is 1.21 bits per heavy atom. The predicted octanol–water partition coefficient (Wildman–Crippen LogP) is 0.688. The number of likely N-dealkylation sites (N-methyl/N-ethyl adjacent to an activating group) is 1. The third-order valence-electron chi connectivity index (χ3n) is 2.75. The molecule has 0 atom stereocenters. The Hall–Kier alpha value is -0.770. The number of hydrogen-bond acceptors (Lipinski definition) is 2. The Morgan fingerprint density at radius 3 is 2.50 bits per heavy atom. The van der Waals surface area contributed by atoms with Gasteiger partial charge in [-0.1, -0.05) is 12.8 Å². The summed E-state index contributed by atoms with van der Waals surface area (Å²) >= 11 is 0. The van der Waals surface area contributed by atoms with Crippen LogP contribution < -0.4 is 5.73 Å². The SMILES string of the molecule is CN1CCN(CCCCCCN)C1=N. The first-order chi connectivity index (χ1) is 6.75. The average Bonchev–Trinajstić information content (AvgIpc) is 2.49. The van der Waals surface area contributed by atoms with Gasteiger partial charge in [-0.15, -0.1) is 0 Å². The summed E-state index contributed by atoms with van der Waals surface area (Å²) < 4.78 is 0. The third kappa shape index (κ3) is 3.18. The van der Waals surface area contributed by atoms with Crippen LogP contribution in [0.25, 0.3) is 0 Å². The zero-order valence-corrected chi connectivity index (χ0v) is 9.13. The maximum atomic E-state index is 7.76. The molecule has 3 N–H and O–H groups in total. The molecule has 0 aromatic carbocycles. The zero-order chi connectivity index (χ0) is 10.4. The molecule has 1 aliphatic heterocycles. The van der Waals surface area contributed by atoms with Gasteiger partial charge in [0.1, 0.15) is 0 Å². The lowest BCUT2D eigenvalue weighted by Crippen LogP contribution is -2.30. The van der Waals surface area contributed by atoms with E-state index in [1.54, 1.807) is 0 Å². The minimum Gasteiger partial charge on any atom is -0.344 e. The summed E-state index contributed by atoms with van der Waals surface area (Å²) in [6, 6.07) is 0. The second-order valence-electron chi connectivity index (χ2n) is 3.94. The highest BCUT2D eigenvalue weighted by Crippen LogP contribution is 2.07. The van der Waals surface area contributed by atoms with Gasteiger partial charge >= 0.3 is 0 Å². The van der Waals surface area contributed by atoms with E-state index in [4.69, 9.17) is 11.1 Å². The first-order valence-corrected chi connectivity index (χ1v) is 5.50. The lowest BCUT2D eigenvalue weighted by atomic mass is 10.2. The maximum Gasteiger partial charge on any atom is 0.193 e. The highest BCUT2D eigenvalue weighted by molar-refractivity contribution is 5.78. The van der Waals surface area contributed by atoms with Crippen molar-refractivity contribution in [3.63, 3.8) is 0 Å². The summed E-state index contributed by atoms with van der Waals surface area (Å²) in [7, 11) is 1.98. The molecule has 1 heterocycles. The van der Waals surface area contributed by atoms with Crippen LogP contribution in [0.15, 0.2) is 0 Å². The Balaban J connectivity index is 2.04. The molecule has 0 amide bonds. The molecule has 1 aliphatic rings. The molecule has 0 bridgehead atoms. The molecule has 1 rings (SSSR count). The van der Waals surface area contributed by atoms with Gasteiger partial charge in [0, 0.05) is 26.7 Å². The lowest BCUT2D eigenvalue weighted by Gasteiger charge is -2.18. The number of hydrogen-bond donors (Lipinski definition) is 2. The van der Waals surface area contributed by atoms with Crippen molar-refractivity contribution < 1.29 is 0 Å². The van der Waals surface area contributed by atoms with Gasteiger partial charge in [0.25, 0.3) is 0 Å². The van der Waals surface area contributed by atoms with E-state index >= 15 is 0 Å². The molecular formula is C10H22N4. The van der Waals surface area contributed by atoms with Gasteiger partial charge in [0.15, 0.2) is 5.96 Å². The van der Waals surface area contributed by atoms with Crippen molar-refractivity contribution >= 4 is 5.96 Å². The standard InChI is InChI=1S/C10H22N4/c1-13-8-9-14(10(13)12)7-5-3-2-4-6-11/h12H,2-9,11H2,1H3. The fourth-order valence-electron chi connectivity index (χ4n) is 1.74. The van der Waals surface area contributed by atoms with Crippen LogP contribution in [0.2, 0.25) is 0 Å². The number of nitrogens with two attached hydrogens (primary N) is 1. The van der Waals surface area contributed by atoms with Crippen LogP contribution >= 0.6 is 0 Å². The molecule has 4 heteroatoms. The van der Waals surface area contributed by atoms with Crippen LogP contribution in [0.4, 0.5) is 0 Å². The van der Waals surface area contributed by atoms with Crippen LogP contribution in [0.1, 0.15) is 25.7 Å². The van der Waals surface area contributed by atoms with Crippen LogP contribution in [0, 0.1) is 5.41 Å². The van der Waals surface area contributed by atoms with Crippen LogP contribution in [0.3, 0.4) is 0 Å². The van der Waals surface area contributed by atoms with Gasteiger partial charge in [-0.2, -0.15) is 0 Å². The number of rotatable bonds is 6. The van der Waals surface area contributed by atoms with Crippen molar-refractivity contribution in [1.29, 1.82) is 5.41 Å². The Bertz CT molecular complexity index is 181. The maximum absolute atomic E-state index is 7.76. The number of nitrogens with zero attached hydrogens (tertiary/aromatic N) is 2. The molecule has 0 aromatic heterocycles. The number of unbranched alkanes of at least 4 members (excludes halogenated alkanes) is 3. The second-order valence-corrected chi connectivity index (χ2v) is 3.94. The molecular weight excluding hydrogens is 176 g/mol. The quantitative estimate of drug-likeness (QED) is 0.617. The minimum absolute atomic E-state index is 0.684. The van der Waals surface area contributed by atoms with E-state index < -0.39 is 0 Å². The Labute approximate surface area is 86.6 Å². The van der Waals surface area contributed by atoms with E-state index in [1.807, 2.05) is 11.9 Å². The molecule has 0 radical (unpaired) electrons. The lowest BCUT2D eigenvalue weighted by molar-refractivity contribution is 0.434. The molecule has 0 spiro atoms. The molecule has 1 fully saturated rings. The topological polar surface area (TPSA) is 56.4 Å². The first kappa shape index (κ1) is 11.3. The molecule has 0 saturated carbocycles. The molecule has 1 saturated heterocycles. The van der Waals surface area contributed by atoms with E-state index in [1.165, 1.54) is 19.3 Å². The van der Waals surface area contributed by atoms with Gasteiger partial charge in [0.2, 0.25) is 0 Å². The summed E-state index contributed by atoms with van der Waals surface area (Å²) in [5.74, 6) is 0.684. The van der Waals surface area contributed by atoms with Crippen molar-refractivity contribution in [2.75, 3.05) is 33.2 Å². The fraction of sp³-hybridized carbons (Fsp3) is 0.900. The van der Waals surface area contributed by atoms with Gasteiger partial charge in [-0.3, -0.25) is 5.41 Å². The fourth-order valence-corrected chi connectivity index (χ4v) is 1.74. The summed E-state index contributed by atoms with van der Waals surface area (Å²) in [6.07, 6.45) is 4.80. The molecule has 0 aliphatic carbocycles. The largest absolute Gasteiger partial charge is 0.344 e. The van der Waals surface area contributed by atoms with E-state index in [9.17, 15) is 0 Å². The van der Waals surface area contributed by atoms with Crippen LogP contribution in [-0.2, 0) is 0 Å². The summed E-state index contributed by atoms with van der Waals surface area (Å²) in [4.78, 5) is 4.16. The highest BCUT2D eigenvalue weighted by Gasteiger charge is 2.20. The number of guanidine groups is 1. The second kappa shape index (κ2) is 5.86. The van der Waals surface area contributed by atoms with Gasteiger partial charge < -0.3 is 15.5 Å². The van der Waals surface area contributed by atoms with E-state index in [-0.39, 0.29) is 0 Å². The minimum atomic E-state index is 0.684. The van der Waals surface area contributed by atoms with E-state index in [2.05, 4.69) is 4.90 Å². The first-order valence-electron chi connectivity index (χ1n) is 5.50. The van der Waals surface area contributed by atoms with Crippen molar-refractivity contribution in [2.45, 2.75) is 25.7 Å². The number of nitrogens with one attached hydrogen (secondary N) is 1. The highest BCUT2D eigenvalue weighted by atomic mass is 15.4. The van der Waals surface area contributed by atoms with Crippen LogP contribution in [0.5, 0.6) is 0 Å². The molecule has 4 nitrogen and oxygen atoms in total. The third-order valence-corrected chi connectivity index (χ3v) is 2.75. The Morgan fingerprint density at radius 2 is 1.93 bits per heavy atom. The van der Waals surface area contributed by atoms with E-state index in [0.29, 0.717) is 5.96 Å². The van der Waals surface area contributed by atoms with Crippen molar-refractivity contribution in [3.8, 4) is 0 Å². The van der Waals surface area contributed by atoms with E-state index in [0.717, 1.165) is 32.6 Å². The monoisotopic (exact) mass is 198 g/mol. The van der Waals surface area contributed by atoms with Crippen molar-refractivity contribution in [3.05, 3.63) is 0 Å². The predicted molar refractivity (Wildman–Crippen MR) is 59.5 cm³/mol. The normalized spacial score (nSPS) is 16.9. The summed E-state index contributed by atoms with van der Waals surface area (Å²) in [5, 5.41) is 7.76. The van der Waals surface area contributed by atoms with Gasteiger partial charge in [-0.25, -0.2) is 0 Å². The zero-order valence-electron chi connectivity index (χ0n) is 9.13.